The summed E-state index contributed by atoms with van der Waals surface area (Å²) in [6.45, 7) is 4.20. The normalized spacial score (nSPS) is 13.8. The smallest absolute Gasteiger partial charge is 0.109 e. The van der Waals surface area contributed by atoms with Crippen molar-refractivity contribution >= 4 is 11.3 Å². The molecular weight excluding hydrogens is 242 g/mol. The third kappa shape index (κ3) is 2.95. The molecule has 2 rings (SSSR count). The van der Waals surface area contributed by atoms with Crippen LogP contribution >= 0.6 is 11.3 Å². The van der Waals surface area contributed by atoms with Gasteiger partial charge in [0.1, 0.15) is 5.01 Å². The number of rotatable bonds is 4. The Labute approximate surface area is 111 Å². The van der Waals surface area contributed by atoms with Crippen molar-refractivity contribution in [2.45, 2.75) is 25.9 Å². The Morgan fingerprint density at radius 1 is 1.33 bits per heavy atom. The number of aromatic nitrogens is 1. The zero-order valence-corrected chi connectivity index (χ0v) is 11.2. The maximum atomic E-state index is 8.90. The van der Waals surface area contributed by atoms with E-state index in [0.29, 0.717) is 5.56 Å². The van der Waals surface area contributed by atoms with Crippen LogP contribution in [-0.4, -0.2) is 4.98 Å². The van der Waals surface area contributed by atoms with Crippen LogP contribution in [-0.2, 0) is 0 Å². The highest BCUT2D eigenvalue weighted by molar-refractivity contribution is 7.09. The fraction of sp³-hybridized carbons (Fsp3) is 0.286. The number of nitrogens with one attached hydrogen (secondary N) is 1. The summed E-state index contributed by atoms with van der Waals surface area (Å²) in [5, 5.41) is 15.4. The molecule has 1 heterocycles. The van der Waals surface area contributed by atoms with Gasteiger partial charge in [-0.1, -0.05) is 12.1 Å². The lowest BCUT2D eigenvalue weighted by Crippen LogP contribution is -2.22. The molecule has 0 saturated carbocycles. The first kappa shape index (κ1) is 12.7. The largest absolute Gasteiger partial charge is 0.302 e. The van der Waals surface area contributed by atoms with Gasteiger partial charge < -0.3 is 5.32 Å². The van der Waals surface area contributed by atoms with Crippen molar-refractivity contribution < 1.29 is 0 Å². The average Bonchev–Trinajstić information content (AvgIpc) is 2.92. The SMILES string of the molecule is CC(NC(C)c1nccs1)c1cccc(C#N)c1. The molecule has 0 radical (unpaired) electrons. The van der Waals surface area contributed by atoms with Crippen LogP contribution in [0.4, 0.5) is 0 Å². The first-order chi connectivity index (χ1) is 8.70. The lowest BCUT2D eigenvalue weighted by molar-refractivity contribution is 0.493. The van der Waals surface area contributed by atoms with E-state index in [2.05, 4.69) is 30.2 Å². The van der Waals surface area contributed by atoms with Crippen molar-refractivity contribution in [1.82, 2.24) is 10.3 Å². The van der Waals surface area contributed by atoms with Gasteiger partial charge in [0.05, 0.1) is 17.7 Å². The summed E-state index contributed by atoms with van der Waals surface area (Å²) in [6.07, 6.45) is 1.82. The van der Waals surface area contributed by atoms with Crippen LogP contribution in [0.25, 0.3) is 0 Å². The number of nitrogens with zero attached hydrogens (tertiary/aromatic N) is 2. The molecule has 0 saturated heterocycles. The minimum absolute atomic E-state index is 0.192. The van der Waals surface area contributed by atoms with Gasteiger partial charge in [0.25, 0.3) is 0 Å². The summed E-state index contributed by atoms with van der Waals surface area (Å²) >= 11 is 1.65. The zero-order valence-electron chi connectivity index (χ0n) is 10.4. The lowest BCUT2D eigenvalue weighted by atomic mass is 10.1. The van der Waals surface area contributed by atoms with Crippen molar-refractivity contribution in [2.75, 3.05) is 0 Å². The number of hydrogen-bond acceptors (Lipinski definition) is 4. The standard InChI is InChI=1S/C14H15N3S/c1-10(13-5-3-4-12(8-13)9-15)17-11(2)14-16-6-7-18-14/h3-8,10-11,17H,1-2H3. The van der Waals surface area contributed by atoms with Crippen LogP contribution < -0.4 is 5.32 Å². The molecule has 3 nitrogen and oxygen atoms in total. The van der Waals surface area contributed by atoms with Crippen LogP contribution in [0.2, 0.25) is 0 Å². The third-order valence-electron chi connectivity index (χ3n) is 2.84. The van der Waals surface area contributed by atoms with Crippen molar-refractivity contribution in [3.05, 3.63) is 52.0 Å². The Morgan fingerprint density at radius 3 is 2.83 bits per heavy atom. The average molecular weight is 257 g/mol. The van der Waals surface area contributed by atoms with Gasteiger partial charge in [-0.25, -0.2) is 4.98 Å². The maximum absolute atomic E-state index is 8.90. The number of benzene rings is 1. The molecule has 1 N–H and O–H groups in total. The minimum Gasteiger partial charge on any atom is -0.302 e. The van der Waals surface area contributed by atoms with Crippen LogP contribution in [0.1, 0.15) is 42.1 Å². The van der Waals surface area contributed by atoms with Crippen LogP contribution in [0.15, 0.2) is 35.8 Å². The predicted octanol–water partition coefficient (Wildman–Crippen LogP) is 3.43. The lowest BCUT2D eigenvalue weighted by Gasteiger charge is -2.18. The van der Waals surface area contributed by atoms with Crippen molar-refractivity contribution in [2.24, 2.45) is 0 Å². The molecule has 0 spiro atoms. The molecule has 1 aromatic carbocycles. The highest BCUT2D eigenvalue weighted by Gasteiger charge is 2.13. The molecule has 2 aromatic rings. The summed E-state index contributed by atoms with van der Waals surface area (Å²) < 4.78 is 0. The molecule has 2 atom stereocenters. The van der Waals surface area contributed by atoms with Gasteiger partial charge in [-0.15, -0.1) is 11.3 Å². The quantitative estimate of drug-likeness (QED) is 0.913. The molecule has 0 aliphatic rings. The molecule has 4 heteroatoms. The van der Waals surface area contributed by atoms with E-state index >= 15 is 0 Å². The molecule has 92 valence electrons. The number of nitriles is 1. The second kappa shape index (κ2) is 5.76. The van der Waals surface area contributed by atoms with Crippen LogP contribution in [0.5, 0.6) is 0 Å². The molecule has 2 unspecified atom stereocenters. The Morgan fingerprint density at radius 2 is 2.17 bits per heavy atom. The Kier molecular flexibility index (Phi) is 4.08. The van der Waals surface area contributed by atoms with Crippen molar-refractivity contribution in [3.63, 3.8) is 0 Å². The highest BCUT2D eigenvalue weighted by Crippen LogP contribution is 2.21. The van der Waals surface area contributed by atoms with E-state index in [4.69, 9.17) is 5.26 Å². The van der Waals surface area contributed by atoms with E-state index in [1.165, 1.54) is 0 Å². The first-order valence-electron chi connectivity index (χ1n) is 5.86. The van der Waals surface area contributed by atoms with Crippen molar-refractivity contribution in [1.29, 1.82) is 5.26 Å². The summed E-state index contributed by atoms with van der Waals surface area (Å²) in [6, 6.07) is 10.3. The molecule has 0 aliphatic carbocycles. The van der Waals surface area contributed by atoms with E-state index < -0.39 is 0 Å². The summed E-state index contributed by atoms with van der Waals surface area (Å²) in [5.41, 5.74) is 1.82. The number of thiazole rings is 1. The topological polar surface area (TPSA) is 48.7 Å². The van der Waals surface area contributed by atoms with E-state index in [0.717, 1.165) is 10.6 Å². The summed E-state index contributed by atoms with van der Waals surface area (Å²) in [4.78, 5) is 4.30. The fourth-order valence-corrected chi connectivity index (χ4v) is 2.52. The van der Waals surface area contributed by atoms with Crippen LogP contribution in [0.3, 0.4) is 0 Å². The second-order valence-corrected chi connectivity index (χ2v) is 5.14. The monoisotopic (exact) mass is 257 g/mol. The third-order valence-corrected chi connectivity index (χ3v) is 3.80. The van der Waals surface area contributed by atoms with E-state index in [9.17, 15) is 0 Å². The Bertz CT molecular complexity index is 542. The molecule has 18 heavy (non-hydrogen) atoms. The molecule has 0 fully saturated rings. The van der Waals surface area contributed by atoms with Gasteiger partial charge in [0.2, 0.25) is 0 Å². The molecular formula is C14H15N3S. The maximum Gasteiger partial charge on any atom is 0.109 e. The predicted molar refractivity (Wildman–Crippen MR) is 73.2 cm³/mol. The summed E-state index contributed by atoms with van der Waals surface area (Å²) in [7, 11) is 0. The van der Waals surface area contributed by atoms with Crippen molar-refractivity contribution in [3.8, 4) is 6.07 Å². The number of hydrogen-bond donors (Lipinski definition) is 1. The van der Waals surface area contributed by atoms with Gasteiger partial charge >= 0.3 is 0 Å². The zero-order chi connectivity index (χ0) is 13.0. The molecule has 0 amide bonds. The molecule has 0 aliphatic heterocycles. The highest BCUT2D eigenvalue weighted by atomic mass is 32.1. The van der Waals surface area contributed by atoms with E-state index in [1.807, 2.05) is 35.8 Å². The molecule has 1 aromatic heterocycles. The van der Waals surface area contributed by atoms with Gasteiger partial charge in [0, 0.05) is 17.6 Å². The fourth-order valence-electron chi connectivity index (χ4n) is 1.87. The van der Waals surface area contributed by atoms with Gasteiger partial charge in [-0.05, 0) is 31.5 Å². The Hall–Kier alpha value is -1.70. The first-order valence-corrected chi connectivity index (χ1v) is 6.74. The second-order valence-electron chi connectivity index (χ2n) is 4.22. The van der Waals surface area contributed by atoms with Gasteiger partial charge in [0.15, 0.2) is 0 Å². The minimum atomic E-state index is 0.192. The summed E-state index contributed by atoms with van der Waals surface area (Å²) in [5.74, 6) is 0. The van der Waals surface area contributed by atoms with E-state index in [-0.39, 0.29) is 12.1 Å². The Balaban J connectivity index is 2.07. The van der Waals surface area contributed by atoms with Gasteiger partial charge in [-0.3, -0.25) is 0 Å². The van der Waals surface area contributed by atoms with Gasteiger partial charge in [-0.2, -0.15) is 5.26 Å². The van der Waals surface area contributed by atoms with E-state index in [1.54, 1.807) is 11.3 Å². The van der Waals surface area contributed by atoms with Crippen LogP contribution in [0, 0.1) is 11.3 Å². The molecule has 0 bridgehead atoms.